The Morgan fingerprint density at radius 3 is 2.38 bits per heavy atom. The molecule has 6 heteroatoms. The molecular formula is C20H18FNO3S. The topological polar surface area (TPSA) is 48.3 Å². The number of Topliss-reactive ketones (excluding diaryl/α,β-unsaturated/α-hetero) is 1. The fourth-order valence-electron chi connectivity index (χ4n) is 2.86. The van der Waals surface area contributed by atoms with Gasteiger partial charge in [-0.2, -0.15) is 0 Å². The van der Waals surface area contributed by atoms with Gasteiger partial charge in [0.1, 0.15) is 10.7 Å². The molecule has 0 fully saturated rings. The molecule has 0 aliphatic heterocycles. The first-order chi connectivity index (χ1) is 12.4. The third kappa shape index (κ3) is 3.60. The number of rotatable bonds is 5. The maximum Gasteiger partial charge on any atom is 0.348 e. The Morgan fingerprint density at radius 1 is 1.08 bits per heavy atom. The molecule has 0 aliphatic carbocycles. The Kier molecular flexibility index (Phi) is 5.04. The van der Waals surface area contributed by atoms with Crippen LogP contribution < -0.4 is 0 Å². The van der Waals surface area contributed by atoms with Gasteiger partial charge in [0.05, 0.1) is 0 Å². The van der Waals surface area contributed by atoms with Gasteiger partial charge in [-0.25, -0.2) is 9.18 Å². The largest absolute Gasteiger partial charge is 0.453 e. The Balaban J connectivity index is 1.77. The number of aromatic nitrogens is 1. The van der Waals surface area contributed by atoms with Crippen molar-refractivity contribution in [2.45, 2.75) is 20.8 Å². The zero-order valence-corrected chi connectivity index (χ0v) is 15.5. The molecule has 0 spiro atoms. The molecule has 2 aromatic heterocycles. The summed E-state index contributed by atoms with van der Waals surface area (Å²) in [6, 6.07) is 11.3. The molecule has 1 aromatic carbocycles. The summed E-state index contributed by atoms with van der Waals surface area (Å²) in [5, 5.41) is 0. The lowest BCUT2D eigenvalue weighted by Gasteiger charge is -2.10. The van der Waals surface area contributed by atoms with Gasteiger partial charge in [-0.05, 0) is 63.2 Å². The molecular weight excluding hydrogens is 353 g/mol. The van der Waals surface area contributed by atoms with Crippen molar-refractivity contribution in [3.63, 3.8) is 0 Å². The number of esters is 1. The van der Waals surface area contributed by atoms with E-state index in [-0.39, 0.29) is 18.2 Å². The number of ether oxygens (including phenoxy) is 1. The van der Waals surface area contributed by atoms with Crippen LogP contribution in [-0.2, 0) is 4.74 Å². The minimum Gasteiger partial charge on any atom is -0.453 e. The smallest absolute Gasteiger partial charge is 0.348 e. The Labute approximate surface area is 154 Å². The number of carbonyl (C=O) groups is 2. The fraction of sp³-hybridized carbons (Fsp3) is 0.200. The van der Waals surface area contributed by atoms with Gasteiger partial charge in [0.25, 0.3) is 0 Å². The molecule has 0 saturated heterocycles. The molecule has 0 aliphatic rings. The number of hydrogen-bond acceptors (Lipinski definition) is 4. The lowest BCUT2D eigenvalue weighted by molar-refractivity contribution is 0.0479. The Bertz CT molecular complexity index is 970. The number of benzene rings is 1. The van der Waals surface area contributed by atoms with Crippen molar-refractivity contribution >= 4 is 23.1 Å². The van der Waals surface area contributed by atoms with Crippen molar-refractivity contribution in [1.29, 1.82) is 0 Å². The Hall–Kier alpha value is -2.73. The molecule has 134 valence electrons. The van der Waals surface area contributed by atoms with Crippen molar-refractivity contribution in [3.05, 3.63) is 75.0 Å². The summed E-state index contributed by atoms with van der Waals surface area (Å²) in [4.78, 5) is 26.0. The first-order valence-electron chi connectivity index (χ1n) is 8.08. The van der Waals surface area contributed by atoms with Crippen LogP contribution in [0.3, 0.4) is 0 Å². The zero-order valence-electron chi connectivity index (χ0n) is 14.7. The van der Waals surface area contributed by atoms with Gasteiger partial charge in [-0.3, -0.25) is 4.79 Å². The van der Waals surface area contributed by atoms with E-state index in [9.17, 15) is 14.0 Å². The minimum absolute atomic E-state index is 0.270. The molecule has 0 atom stereocenters. The first-order valence-corrected chi connectivity index (χ1v) is 8.90. The predicted molar refractivity (Wildman–Crippen MR) is 98.9 cm³/mol. The molecule has 0 amide bonds. The molecule has 4 nitrogen and oxygen atoms in total. The van der Waals surface area contributed by atoms with Crippen molar-refractivity contribution in [2.75, 3.05) is 6.61 Å². The maximum absolute atomic E-state index is 13.1. The molecule has 3 aromatic rings. The number of aryl methyl sites for hydroxylation is 2. The third-order valence-corrected chi connectivity index (χ3v) is 5.07. The SMILES string of the molecule is Cc1ccc(C(=O)OCC(=O)c2cc(C)n(-c3ccc(F)cc3)c2C)s1. The van der Waals surface area contributed by atoms with Gasteiger partial charge in [0.2, 0.25) is 5.78 Å². The summed E-state index contributed by atoms with van der Waals surface area (Å²) < 4.78 is 20.2. The van der Waals surface area contributed by atoms with Crippen LogP contribution in [0.4, 0.5) is 4.39 Å². The average Bonchev–Trinajstić information content (AvgIpc) is 3.17. The van der Waals surface area contributed by atoms with E-state index in [0.29, 0.717) is 10.4 Å². The van der Waals surface area contributed by atoms with E-state index >= 15 is 0 Å². The highest BCUT2D eigenvalue weighted by Crippen LogP contribution is 2.22. The number of halogens is 1. The van der Waals surface area contributed by atoms with E-state index in [1.807, 2.05) is 31.4 Å². The van der Waals surface area contributed by atoms with Crippen LogP contribution in [-0.4, -0.2) is 22.9 Å². The summed E-state index contributed by atoms with van der Waals surface area (Å²) in [7, 11) is 0. The van der Waals surface area contributed by atoms with Gasteiger partial charge in [-0.15, -0.1) is 11.3 Å². The third-order valence-electron chi connectivity index (χ3n) is 4.09. The summed E-state index contributed by atoms with van der Waals surface area (Å²) in [6.45, 7) is 5.27. The van der Waals surface area contributed by atoms with Crippen molar-refractivity contribution in [1.82, 2.24) is 4.57 Å². The quantitative estimate of drug-likeness (QED) is 0.485. The number of hydrogen-bond donors (Lipinski definition) is 0. The number of thiophene rings is 1. The van der Waals surface area contributed by atoms with E-state index in [1.54, 1.807) is 24.3 Å². The van der Waals surface area contributed by atoms with E-state index in [2.05, 4.69) is 0 Å². The van der Waals surface area contributed by atoms with Gasteiger partial charge in [0, 0.05) is 27.5 Å². The predicted octanol–water partition coefficient (Wildman–Crippen LogP) is 4.64. The van der Waals surface area contributed by atoms with Gasteiger partial charge < -0.3 is 9.30 Å². The average molecular weight is 371 g/mol. The molecule has 26 heavy (non-hydrogen) atoms. The van der Waals surface area contributed by atoms with Crippen LogP contribution in [0.1, 0.15) is 36.3 Å². The molecule has 0 bridgehead atoms. The highest BCUT2D eigenvalue weighted by atomic mass is 32.1. The van der Waals surface area contributed by atoms with Gasteiger partial charge in [0.15, 0.2) is 6.61 Å². The molecule has 0 N–H and O–H groups in total. The molecule has 3 rings (SSSR count). The van der Waals surface area contributed by atoms with Crippen LogP contribution >= 0.6 is 11.3 Å². The highest BCUT2D eigenvalue weighted by Gasteiger charge is 2.19. The van der Waals surface area contributed by atoms with E-state index in [1.165, 1.54) is 23.5 Å². The standard InChI is InChI=1S/C20H18FNO3S/c1-12-10-17(14(3)22(12)16-7-5-15(21)6-8-16)18(23)11-25-20(24)19-9-4-13(2)26-19/h4-10H,11H2,1-3H3. The van der Waals surface area contributed by atoms with Crippen LogP contribution in [0.25, 0.3) is 5.69 Å². The van der Waals surface area contributed by atoms with Crippen molar-refractivity contribution in [2.24, 2.45) is 0 Å². The molecule has 0 radical (unpaired) electrons. The van der Waals surface area contributed by atoms with E-state index < -0.39 is 5.97 Å². The van der Waals surface area contributed by atoms with Crippen LogP contribution in [0.15, 0.2) is 42.5 Å². The minimum atomic E-state index is -0.496. The summed E-state index contributed by atoms with van der Waals surface area (Å²) in [6.07, 6.45) is 0. The monoisotopic (exact) mass is 371 g/mol. The number of nitrogens with zero attached hydrogens (tertiary/aromatic N) is 1. The fourth-order valence-corrected chi connectivity index (χ4v) is 3.62. The summed E-state index contributed by atoms with van der Waals surface area (Å²) >= 11 is 1.33. The summed E-state index contributed by atoms with van der Waals surface area (Å²) in [5.41, 5.74) is 2.83. The Morgan fingerprint density at radius 2 is 1.77 bits per heavy atom. The number of ketones is 1. The zero-order chi connectivity index (χ0) is 18.8. The van der Waals surface area contributed by atoms with Crippen molar-refractivity contribution in [3.8, 4) is 5.69 Å². The molecule has 0 unspecified atom stereocenters. The molecule has 0 saturated carbocycles. The first kappa shape index (κ1) is 18.1. The van der Waals surface area contributed by atoms with Crippen LogP contribution in [0, 0.1) is 26.6 Å². The van der Waals surface area contributed by atoms with Gasteiger partial charge >= 0.3 is 5.97 Å². The second-order valence-corrected chi connectivity index (χ2v) is 7.29. The van der Waals surface area contributed by atoms with Crippen LogP contribution in [0.5, 0.6) is 0 Å². The lowest BCUT2D eigenvalue weighted by atomic mass is 10.1. The molecule has 2 heterocycles. The second kappa shape index (κ2) is 7.25. The maximum atomic E-state index is 13.1. The lowest BCUT2D eigenvalue weighted by Crippen LogP contribution is -2.14. The van der Waals surface area contributed by atoms with Gasteiger partial charge in [-0.1, -0.05) is 0 Å². The van der Waals surface area contributed by atoms with E-state index in [0.717, 1.165) is 22.0 Å². The van der Waals surface area contributed by atoms with Crippen LogP contribution in [0.2, 0.25) is 0 Å². The highest BCUT2D eigenvalue weighted by molar-refractivity contribution is 7.13. The second-order valence-electron chi connectivity index (χ2n) is 6.01. The summed E-state index contributed by atoms with van der Waals surface area (Å²) in [5.74, 6) is -1.08. The van der Waals surface area contributed by atoms with E-state index in [4.69, 9.17) is 4.74 Å². The normalized spacial score (nSPS) is 10.8. The van der Waals surface area contributed by atoms with Crippen molar-refractivity contribution < 1.29 is 18.7 Å². The number of carbonyl (C=O) groups excluding carboxylic acids is 2.